The maximum Gasteiger partial charge on any atom is 0.257 e. The van der Waals surface area contributed by atoms with Crippen LogP contribution >= 0.6 is 11.6 Å². The van der Waals surface area contributed by atoms with Crippen LogP contribution in [-0.2, 0) is 0 Å². The molecule has 1 amide bonds. The maximum absolute atomic E-state index is 13.3. The lowest BCUT2D eigenvalue weighted by atomic mass is 10.1. The van der Waals surface area contributed by atoms with Gasteiger partial charge in [-0.3, -0.25) is 4.79 Å². The zero-order valence-corrected chi connectivity index (χ0v) is 10.9. The molecule has 0 bridgehead atoms. The number of nitrogen functional groups attached to an aromatic ring is 1. The Morgan fingerprint density at radius 3 is 2.80 bits per heavy atom. The van der Waals surface area contributed by atoms with Crippen molar-refractivity contribution in [3.8, 4) is 6.07 Å². The van der Waals surface area contributed by atoms with E-state index in [1.165, 1.54) is 30.3 Å². The van der Waals surface area contributed by atoms with Gasteiger partial charge in [0.15, 0.2) is 0 Å². The number of carbonyl (C=O) groups excluding carboxylic acids is 1. The number of rotatable bonds is 2. The van der Waals surface area contributed by atoms with Crippen molar-refractivity contribution in [2.24, 2.45) is 0 Å². The molecule has 2 aromatic carbocycles. The van der Waals surface area contributed by atoms with Gasteiger partial charge in [0, 0.05) is 5.02 Å². The van der Waals surface area contributed by atoms with Crippen LogP contribution in [0.5, 0.6) is 0 Å². The average Bonchev–Trinajstić information content (AvgIpc) is 2.42. The van der Waals surface area contributed by atoms with E-state index < -0.39 is 11.7 Å². The van der Waals surface area contributed by atoms with E-state index in [9.17, 15) is 9.18 Å². The number of carbonyl (C=O) groups is 1. The van der Waals surface area contributed by atoms with Gasteiger partial charge in [-0.25, -0.2) is 4.39 Å². The van der Waals surface area contributed by atoms with Crippen molar-refractivity contribution in [2.75, 3.05) is 11.1 Å². The Balaban J connectivity index is 2.35. The van der Waals surface area contributed by atoms with Crippen LogP contribution < -0.4 is 11.1 Å². The number of nitrogens with one attached hydrogen (secondary N) is 1. The summed E-state index contributed by atoms with van der Waals surface area (Å²) in [5.41, 5.74) is 5.75. The van der Waals surface area contributed by atoms with E-state index >= 15 is 0 Å². The standard InChI is InChI=1S/C14H9ClFN3O/c15-9-5-4-8(7-17)12(6-9)19-14(20)10-2-1-3-11(16)13(10)18/h1-6H,18H2,(H,19,20). The summed E-state index contributed by atoms with van der Waals surface area (Å²) in [6.45, 7) is 0. The van der Waals surface area contributed by atoms with Gasteiger partial charge in [0.2, 0.25) is 0 Å². The molecule has 0 unspecified atom stereocenters. The quantitative estimate of drug-likeness (QED) is 0.833. The predicted octanol–water partition coefficient (Wildman–Crippen LogP) is 3.19. The van der Waals surface area contributed by atoms with Crippen LogP contribution in [0.4, 0.5) is 15.8 Å². The summed E-state index contributed by atoms with van der Waals surface area (Å²) in [5.74, 6) is -1.29. The third-order valence-electron chi connectivity index (χ3n) is 2.65. The van der Waals surface area contributed by atoms with Crippen LogP contribution in [0.2, 0.25) is 5.02 Å². The minimum Gasteiger partial charge on any atom is -0.396 e. The average molecular weight is 290 g/mol. The minimum atomic E-state index is -0.677. The summed E-state index contributed by atoms with van der Waals surface area (Å²) >= 11 is 5.81. The molecule has 0 atom stereocenters. The second kappa shape index (κ2) is 5.59. The van der Waals surface area contributed by atoms with E-state index in [0.717, 1.165) is 6.07 Å². The fraction of sp³-hybridized carbons (Fsp3) is 0. The highest BCUT2D eigenvalue weighted by molar-refractivity contribution is 6.31. The lowest BCUT2D eigenvalue weighted by Gasteiger charge is -2.09. The van der Waals surface area contributed by atoms with Crippen LogP contribution in [0.15, 0.2) is 36.4 Å². The molecule has 0 aliphatic carbocycles. The molecule has 0 aromatic heterocycles. The smallest absolute Gasteiger partial charge is 0.257 e. The molecule has 0 aliphatic rings. The SMILES string of the molecule is N#Cc1ccc(Cl)cc1NC(=O)c1cccc(F)c1N. The van der Waals surface area contributed by atoms with Crippen LogP contribution in [0.25, 0.3) is 0 Å². The predicted molar refractivity (Wildman–Crippen MR) is 74.9 cm³/mol. The second-order valence-corrected chi connectivity index (χ2v) is 4.39. The molecule has 2 aromatic rings. The van der Waals surface area contributed by atoms with E-state index in [1.54, 1.807) is 0 Å². The molecule has 100 valence electrons. The number of nitrogens with two attached hydrogens (primary N) is 1. The first-order chi connectivity index (χ1) is 9.52. The van der Waals surface area contributed by atoms with Crippen LogP contribution in [0.3, 0.4) is 0 Å². The Kier molecular flexibility index (Phi) is 3.87. The number of amides is 1. The van der Waals surface area contributed by atoms with E-state index in [4.69, 9.17) is 22.6 Å². The summed E-state index contributed by atoms with van der Waals surface area (Å²) < 4.78 is 13.3. The highest BCUT2D eigenvalue weighted by Crippen LogP contribution is 2.22. The van der Waals surface area contributed by atoms with Crippen LogP contribution in [0, 0.1) is 17.1 Å². The molecule has 0 aliphatic heterocycles. The van der Waals surface area contributed by atoms with Crippen molar-refractivity contribution in [3.63, 3.8) is 0 Å². The van der Waals surface area contributed by atoms with Gasteiger partial charge < -0.3 is 11.1 Å². The van der Waals surface area contributed by atoms with Gasteiger partial charge in [0.25, 0.3) is 5.91 Å². The molecule has 0 heterocycles. The number of nitriles is 1. The Hall–Kier alpha value is -2.58. The fourth-order valence-corrected chi connectivity index (χ4v) is 1.81. The van der Waals surface area contributed by atoms with Gasteiger partial charge in [0.1, 0.15) is 11.9 Å². The highest BCUT2D eigenvalue weighted by Gasteiger charge is 2.14. The van der Waals surface area contributed by atoms with Gasteiger partial charge in [-0.1, -0.05) is 17.7 Å². The number of hydrogen-bond acceptors (Lipinski definition) is 3. The maximum atomic E-state index is 13.3. The second-order valence-electron chi connectivity index (χ2n) is 3.96. The lowest BCUT2D eigenvalue weighted by molar-refractivity contribution is 0.102. The van der Waals surface area contributed by atoms with Gasteiger partial charge in [-0.2, -0.15) is 5.26 Å². The topological polar surface area (TPSA) is 78.9 Å². The first-order valence-corrected chi connectivity index (χ1v) is 5.95. The van der Waals surface area contributed by atoms with E-state index in [2.05, 4.69) is 5.32 Å². The van der Waals surface area contributed by atoms with Crippen LogP contribution in [0.1, 0.15) is 15.9 Å². The molecule has 3 N–H and O–H groups in total. The van der Waals surface area contributed by atoms with E-state index in [1.807, 2.05) is 6.07 Å². The Morgan fingerprint density at radius 1 is 1.35 bits per heavy atom. The molecule has 20 heavy (non-hydrogen) atoms. The molecule has 2 rings (SSSR count). The number of nitrogens with zero attached hydrogens (tertiary/aromatic N) is 1. The minimum absolute atomic E-state index is 0.00568. The zero-order chi connectivity index (χ0) is 14.7. The molecular weight excluding hydrogens is 281 g/mol. The summed E-state index contributed by atoms with van der Waals surface area (Å²) in [7, 11) is 0. The first-order valence-electron chi connectivity index (χ1n) is 5.58. The van der Waals surface area contributed by atoms with Gasteiger partial charge in [-0.05, 0) is 30.3 Å². The zero-order valence-electron chi connectivity index (χ0n) is 10.2. The third kappa shape index (κ3) is 2.71. The van der Waals surface area contributed by atoms with Gasteiger partial charge >= 0.3 is 0 Å². The lowest BCUT2D eigenvalue weighted by Crippen LogP contribution is -2.15. The Bertz CT molecular complexity index is 725. The summed E-state index contributed by atoms with van der Waals surface area (Å²) in [6.07, 6.45) is 0. The Labute approximate surface area is 119 Å². The summed E-state index contributed by atoms with van der Waals surface area (Å²) in [4.78, 5) is 12.1. The molecule has 0 saturated heterocycles. The molecule has 0 radical (unpaired) electrons. The van der Waals surface area contributed by atoms with Gasteiger partial charge in [0.05, 0.1) is 22.5 Å². The van der Waals surface area contributed by atoms with Crippen molar-refractivity contribution < 1.29 is 9.18 Å². The normalized spacial score (nSPS) is 9.85. The highest BCUT2D eigenvalue weighted by atomic mass is 35.5. The molecular formula is C14H9ClFN3O. The fourth-order valence-electron chi connectivity index (χ4n) is 1.64. The number of benzene rings is 2. The third-order valence-corrected chi connectivity index (χ3v) is 2.88. The number of anilines is 2. The number of para-hydroxylation sites is 1. The summed E-state index contributed by atoms with van der Waals surface area (Å²) in [6, 6.07) is 10.3. The monoisotopic (exact) mass is 289 g/mol. The van der Waals surface area contributed by atoms with Crippen molar-refractivity contribution in [1.82, 2.24) is 0 Å². The summed E-state index contributed by atoms with van der Waals surface area (Å²) in [5, 5.41) is 11.8. The van der Waals surface area contributed by atoms with Crippen molar-refractivity contribution in [3.05, 3.63) is 58.4 Å². The number of halogens is 2. The van der Waals surface area contributed by atoms with Crippen molar-refractivity contribution >= 4 is 28.9 Å². The van der Waals surface area contributed by atoms with Crippen molar-refractivity contribution in [1.29, 1.82) is 5.26 Å². The van der Waals surface area contributed by atoms with Gasteiger partial charge in [-0.15, -0.1) is 0 Å². The molecule has 0 saturated carbocycles. The van der Waals surface area contributed by atoms with E-state index in [-0.39, 0.29) is 22.5 Å². The molecule has 0 fully saturated rings. The van der Waals surface area contributed by atoms with Crippen LogP contribution in [-0.4, -0.2) is 5.91 Å². The first kappa shape index (κ1) is 13.8. The van der Waals surface area contributed by atoms with Crippen molar-refractivity contribution in [2.45, 2.75) is 0 Å². The molecule has 0 spiro atoms. The Morgan fingerprint density at radius 2 is 2.10 bits per heavy atom. The number of hydrogen-bond donors (Lipinski definition) is 2. The molecule has 4 nitrogen and oxygen atoms in total. The largest absolute Gasteiger partial charge is 0.396 e. The van der Waals surface area contributed by atoms with E-state index in [0.29, 0.717) is 5.02 Å². The molecule has 6 heteroatoms.